The maximum Gasteiger partial charge on any atom is 0.324 e. The van der Waals surface area contributed by atoms with Gasteiger partial charge in [0.2, 0.25) is 0 Å². The second-order valence-electron chi connectivity index (χ2n) is 11.3. The Hall–Kier alpha value is -2.98. The molecule has 0 N–H and O–H groups in total. The van der Waals surface area contributed by atoms with Crippen LogP contribution >= 0.6 is 0 Å². The standard InChI is InChI=1S/C28H34FN5O/c1-20-4-7-24-25(31-20)27(2,3)19-34(24)26(35)33-14-10-28(11-15-33)8-12-32(13-9-28)18-21-5-6-23(29)22(16-21)17-30/h4-7,16H,8-15,18-19H2,1-3H3. The molecule has 0 saturated carbocycles. The first-order chi connectivity index (χ1) is 16.7. The van der Waals surface area contributed by atoms with E-state index in [4.69, 9.17) is 10.2 Å². The number of carbonyl (C=O) groups is 1. The van der Waals surface area contributed by atoms with Crippen molar-refractivity contribution in [3.05, 3.63) is 58.7 Å². The summed E-state index contributed by atoms with van der Waals surface area (Å²) in [5.41, 5.74) is 4.23. The number of pyridine rings is 1. The Bertz CT molecular complexity index is 1170. The van der Waals surface area contributed by atoms with Crippen molar-refractivity contribution in [3.8, 4) is 6.07 Å². The topological polar surface area (TPSA) is 63.5 Å². The molecule has 5 rings (SSSR count). The number of likely N-dealkylation sites (tertiary alicyclic amines) is 2. The number of amides is 2. The molecule has 2 fully saturated rings. The lowest BCUT2D eigenvalue weighted by Crippen LogP contribution is -2.51. The second kappa shape index (κ2) is 8.91. The average Bonchev–Trinajstić information content (AvgIpc) is 3.12. The molecule has 2 aromatic rings. The van der Waals surface area contributed by atoms with E-state index in [9.17, 15) is 9.18 Å². The van der Waals surface area contributed by atoms with E-state index in [1.807, 2.05) is 34.9 Å². The number of carbonyl (C=O) groups excluding carboxylic acids is 1. The predicted molar refractivity (Wildman–Crippen MR) is 134 cm³/mol. The molecule has 3 aliphatic rings. The number of halogens is 1. The van der Waals surface area contributed by atoms with Crippen molar-refractivity contribution >= 4 is 11.7 Å². The van der Waals surface area contributed by atoms with Gasteiger partial charge in [0.05, 0.1) is 16.9 Å². The first kappa shape index (κ1) is 23.7. The highest BCUT2D eigenvalue weighted by Gasteiger charge is 2.43. The molecule has 35 heavy (non-hydrogen) atoms. The number of fused-ring (bicyclic) bond motifs is 1. The number of anilines is 1. The SMILES string of the molecule is Cc1ccc2c(n1)C(C)(C)CN2C(=O)N1CCC2(CCN(Cc3ccc(F)c(C#N)c3)CC2)CC1. The fraction of sp³-hybridized carbons (Fsp3) is 0.536. The third-order valence-corrected chi connectivity index (χ3v) is 8.30. The van der Waals surface area contributed by atoms with Crippen LogP contribution in [0.3, 0.4) is 0 Å². The number of hydrogen-bond acceptors (Lipinski definition) is 4. The summed E-state index contributed by atoms with van der Waals surface area (Å²) in [6.07, 6.45) is 4.31. The Balaban J connectivity index is 1.17. The quantitative estimate of drug-likeness (QED) is 0.613. The smallest absolute Gasteiger partial charge is 0.324 e. The summed E-state index contributed by atoms with van der Waals surface area (Å²) in [5.74, 6) is -0.456. The summed E-state index contributed by atoms with van der Waals surface area (Å²) in [7, 11) is 0. The van der Waals surface area contributed by atoms with E-state index in [0.717, 1.165) is 81.0 Å². The molecular weight excluding hydrogens is 441 g/mol. The Kier molecular flexibility index (Phi) is 6.04. The highest BCUT2D eigenvalue weighted by atomic mass is 19.1. The molecule has 7 heteroatoms. The fourth-order valence-electron chi connectivity index (χ4n) is 6.03. The van der Waals surface area contributed by atoms with Gasteiger partial charge in [0.1, 0.15) is 11.9 Å². The zero-order chi connectivity index (χ0) is 24.8. The number of piperidine rings is 2. The summed E-state index contributed by atoms with van der Waals surface area (Å²) in [5, 5.41) is 9.09. The Morgan fingerprint density at radius 2 is 1.77 bits per heavy atom. The first-order valence-electron chi connectivity index (χ1n) is 12.7. The van der Waals surface area contributed by atoms with Crippen LogP contribution in [-0.4, -0.2) is 53.5 Å². The van der Waals surface area contributed by atoms with Crippen molar-refractivity contribution in [3.63, 3.8) is 0 Å². The first-order valence-corrected chi connectivity index (χ1v) is 12.7. The monoisotopic (exact) mass is 475 g/mol. The zero-order valence-electron chi connectivity index (χ0n) is 21.0. The van der Waals surface area contributed by atoms with Gasteiger partial charge in [-0.1, -0.05) is 19.9 Å². The number of nitriles is 1. The summed E-state index contributed by atoms with van der Waals surface area (Å²) in [4.78, 5) is 24.6. The molecule has 6 nitrogen and oxygen atoms in total. The summed E-state index contributed by atoms with van der Waals surface area (Å²) < 4.78 is 13.6. The van der Waals surface area contributed by atoms with Crippen molar-refractivity contribution in [2.75, 3.05) is 37.6 Å². The molecule has 2 saturated heterocycles. The molecule has 2 amide bonds. The van der Waals surface area contributed by atoms with Crippen molar-refractivity contribution in [2.24, 2.45) is 5.41 Å². The van der Waals surface area contributed by atoms with E-state index in [-0.39, 0.29) is 17.0 Å². The number of nitrogens with zero attached hydrogens (tertiary/aromatic N) is 5. The lowest BCUT2D eigenvalue weighted by atomic mass is 9.71. The van der Waals surface area contributed by atoms with Gasteiger partial charge in [-0.2, -0.15) is 5.26 Å². The third kappa shape index (κ3) is 4.52. The number of benzene rings is 1. The van der Waals surface area contributed by atoms with Crippen molar-refractivity contribution in [1.29, 1.82) is 5.26 Å². The lowest BCUT2D eigenvalue weighted by Gasteiger charge is -2.47. The van der Waals surface area contributed by atoms with Gasteiger partial charge in [-0.3, -0.25) is 14.8 Å². The van der Waals surface area contributed by atoms with E-state index < -0.39 is 5.82 Å². The van der Waals surface area contributed by atoms with Gasteiger partial charge in [0.15, 0.2) is 0 Å². The number of aryl methyl sites for hydroxylation is 1. The second-order valence-corrected chi connectivity index (χ2v) is 11.3. The van der Waals surface area contributed by atoms with Gasteiger partial charge < -0.3 is 4.90 Å². The normalized spacial score (nSPS) is 21.1. The maximum absolute atomic E-state index is 13.6. The maximum atomic E-state index is 13.6. The van der Waals surface area contributed by atoms with Crippen LogP contribution in [0.1, 0.15) is 62.0 Å². The van der Waals surface area contributed by atoms with Crippen molar-refractivity contribution in [1.82, 2.24) is 14.8 Å². The van der Waals surface area contributed by atoms with E-state index in [1.54, 1.807) is 12.1 Å². The van der Waals surface area contributed by atoms with E-state index >= 15 is 0 Å². The molecule has 1 aromatic heterocycles. The van der Waals surface area contributed by atoms with Crippen LogP contribution in [0, 0.1) is 29.5 Å². The van der Waals surface area contributed by atoms with Gasteiger partial charge in [0.25, 0.3) is 0 Å². The van der Waals surface area contributed by atoms with Crippen LogP contribution in [0.5, 0.6) is 0 Å². The number of rotatable bonds is 2. The Morgan fingerprint density at radius 1 is 1.09 bits per heavy atom. The van der Waals surface area contributed by atoms with Crippen LogP contribution < -0.4 is 4.90 Å². The van der Waals surface area contributed by atoms with Crippen LogP contribution in [-0.2, 0) is 12.0 Å². The zero-order valence-corrected chi connectivity index (χ0v) is 21.0. The van der Waals surface area contributed by atoms with Crippen LogP contribution in [0.25, 0.3) is 0 Å². The summed E-state index contributed by atoms with van der Waals surface area (Å²) in [6, 6.07) is 10.9. The fourth-order valence-corrected chi connectivity index (χ4v) is 6.03. The molecule has 0 unspecified atom stereocenters. The molecule has 4 heterocycles. The molecule has 1 aromatic carbocycles. The number of aromatic nitrogens is 1. The van der Waals surface area contributed by atoms with E-state index in [0.29, 0.717) is 12.0 Å². The molecule has 0 atom stereocenters. The Labute approximate surface area is 207 Å². The van der Waals surface area contributed by atoms with Crippen molar-refractivity contribution in [2.45, 2.75) is 58.4 Å². The van der Waals surface area contributed by atoms with E-state index in [2.05, 4.69) is 18.7 Å². The van der Waals surface area contributed by atoms with E-state index in [1.165, 1.54) is 6.07 Å². The minimum atomic E-state index is -0.456. The average molecular weight is 476 g/mol. The highest BCUT2D eigenvalue weighted by molar-refractivity contribution is 5.94. The van der Waals surface area contributed by atoms with Gasteiger partial charge >= 0.3 is 6.03 Å². The number of hydrogen-bond donors (Lipinski definition) is 0. The molecule has 0 radical (unpaired) electrons. The third-order valence-electron chi connectivity index (χ3n) is 8.30. The molecule has 184 valence electrons. The van der Waals surface area contributed by atoms with Crippen LogP contribution in [0.4, 0.5) is 14.9 Å². The van der Waals surface area contributed by atoms with Crippen molar-refractivity contribution < 1.29 is 9.18 Å². The molecule has 3 aliphatic heterocycles. The highest BCUT2D eigenvalue weighted by Crippen LogP contribution is 2.43. The van der Waals surface area contributed by atoms with Crippen LogP contribution in [0.15, 0.2) is 30.3 Å². The van der Waals surface area contributed by atoms with Gasteiger partial charge in [-0.15, -0.1) is 0 Å². The largest absolute Gasteiger partial charge is 0.324 e. The molecular formula is C28H34FN5O. The molecule has 0 aliphatic carbocycles. The molecule has 0 bridgehead atoms. The van der Waals surface area contributed by atoms with Gasteiger partial charge in [0, 0.05) is 37.3 Å². The van der Waals surface area contributed by atoms with Crippen LogP contribution in [0.2, 0.25) is 0 Å². The van der Waals surface area contributed by atoms with Gasteiger partial charge in [-0.25, -0.2) is 9.18 Å². The number of urea groups is 1. The van der Waals surface area contributed by atoms with Gasteiger partial charge in [-0.05, 0) is 80.9 Å². The summed E-state index contributed by atoms with van der Waals surface area (Å²) >= 11 is 0. The molecule has 1 spiro atoms. The predicted octanol–water partition coefficient (Wildman–Crippen LogP) is 5.00. The minimum absolute atomic E-state index is 0.111. The minimum Gasteiger partial charge on any atom is -0.324 e. The Morgan fingerprint density at radius 3 is 2.46 bits per heavy atom. The summed E-state index contributed by atoms with van der Waals surface area (Å²) in [6.45, 7) is 11.3. The lowest BCUT2D eigenvalue weighted by molar-refractivity contribution is 0.0433.